The fourth-order valence-corrected chi connectivity index (χ4v) is 3.88. The molecular weight excluding hydrogens is 480 g/mol. The van der Waals surface area contributed by atoms with Gasteiger partial charge in [0.05, 0.1) is 0 Å². The van der Waals surface area contributed by atoms with Gasteiger partial charge in [-0.3, -0.25) is 0 Å². The van der Waals surface area contributed by atoms with Gasteiger partial charge in [-0.1, -0.05) is 15.9 Å². The van der Waals surface area contributed by atoms with E-state index in [0.717, 1.165) is 39.8 Å². The van der Waals surface area contributed by atoms with E-state index in [0.29, 0.717) is 0 Å². The maximum Gasteiger partial charge on any atom is 0.137 e. The monoisotopic (exact) mass is 480 g/mol. The Labute approximate surface area is 131 Å². The van der Waals surface area contributed by atoms with E-state index in [1.54, 1.807) is 0 Å². The number of halogens is 4. The first-order valence-electron chi connectivity index (χ1n) is 4.72. The molecule has 0 atom stereocenters. The third-order valence-electron chi connectivity index (χ3n) is 2.53. The van der Waals surface area contributed by atoms with Crippen LogP contribution in [0.2, 0.25) is 0 Å². The first-order chi connectivity index (χ1) is 8.06. The van der Waals surface area contributed by atoms with Gasteiger partial charge in [-0.2, -0.15) is 0 Å². The summed E-state index contributed by atoms with van der Waals surface area (Å²) < 4.78 is 9.86. The van der Waals surface area contributed by atoms with Gasteiger partial charge in [0.15, 0.2) is 0 Å². The summed E-state index contributed by atoms with van der Waals surface area (Å²) >= 11 is 14.0. The molecule has 0 spiro atoms. The Kier molecular flexibility index (Phi) is 3.14. The van der Waals surface area contributed by atoms with Crippen molar-refractivity contribution in [3.63, 3.8) is 0 Å². The number of fused-ring (bicyclic) bond motifs is 3. The number of rotatable bonds is 0. The molecule has 0 unspecified atom stereocenters. The average molecular weight is 484 g/mol. The van der Waals surface area contributed by atoms with Crippen molar-refractivity contribution < 1.29 is 4.42 Å². The molecule has 2 aromatic carbocycles. The first-order valence-corrected chi connectivity index (χ1v) is 7.90. The molecular formula is C12H4Br4O. The fourth-order valence-electron chi connectivity index (χ4n) is 1.82. The Hall–Kier alpha value is 0.160. The molecule has 0 saturated heterocycles. The molecule has 3 aromatic rings. The van der Waals surface area contributed by atoms with Crippen LogP contribution in [0.4, 0.5) is 0 Å². The van der Waals surface area contributed by atoms with Crippen LogP contribution >= 0.6 is 63.7 Å². The van der Waals surface area contributed by atoms with Gasteiger partial charge < -0.3 is 4.42 Å². The Balaban J connectivity index is 2.56. The molecule has 1 nitrogen and oxygen atoms in total. The Morgan fingerprint density at radius 2 is 1.41 bits per heavy atom. The van der Waals surface area contributed by atoms with Crippen LogP contribution in [0.25, 0.3) is 21.9 Å². The molecule has 0 bridgehead atoms. The van der Waals surface area contributed by atoms with E-state index in [-0.39, 0.29) is 0 Å². The van der Waals surface area contributed by atoms with Crippen LogP contribution in [-0.4, -0.2) is 0 Å². The van der Waals surface area contributed by atoms with E-state index >= 15 is 0 Å². The maximum absolute atomic E-state index is 5.84. The van der Waals surface area contributed by atoms with Crippen molar-refractivity contribution in [1.29, 1.82) is 0 Å². The van der Waals surface area contributed by atoms with Crippen molar-refractivity contribution in [2.75, 3.05) is 0 Å². The van der Waals surface area contributed by atoms with Gasteiger partial charge >= 0.3 is 0 Å². The number of furan rings is 1. The highest BCUT2D eigenvalue weighted by Crippen LogP contribution is 2.39. The van der Waals surface area contributed by atoms with Crippen LogP contribution in [-0.2, 0) is 0 Å². The molecule has 17 heavy (non-hydrogen) atoms. The lowest BCUT2D eigenvalue weighted by Gasteiger charge is -1.97. The summed E-state index contributed by atoms with van der Waals surface area (Å²) in [5.74, 6) is 0. The van der Waals surface area contributed by atoms with Crippen molar-refractivity contribution in [2.24, 2.45) is 0 Å². The van der Waals surface area contributed by atoms with Crippen LogP contribution in [0, 0.1) is 0 Å². The second-order valence-corrected chi connectivity index (χ2v) is 7.10. The lowest BCUT2D eigenvalue weighted by molar-refractivity contribution is 0.668. The second-order valence-electron chi connectivity index (χ2n) is 3.63. The zero-order chi connectivity index (χ0) is 12.2. The lowest BCUT2D eigenvalue weighted by atomic mass is 10.1. The third-order valence-corrected chi connectivity index (χ3v) is 5.46. The van der Waals surface area contributed by atoms with Crippen molar-refractivity contribution in [1.82, 2.24) is 0 Å². The average Bonchev–Trinajstić information content (AvgIpc) is 2.56. The Morgan fingerprint density at radius 1 is 0.706 bits per heavy atom. The zero-order valence-corrected chi connectivity index (χ0v) is 14.6. The highest BCUT2D eigenvalue weighted by Gasteiger charge is 2.12. The highest BCUT2D eigenvalue weighted by molar-refractivity contribution is 9.13. The van der Waals surface area contributed by atoms with E-state index in [4.69, 9.17) is 4.42 Å². The molecule has 0 aliphatic carbocycles. The quantitative estimate of drug-likeness (QED) is 0.349. The molecule has 0 amide bonds. The summed E-state index contributed by atoms with van der Waals surface area (Å²) in [4.78, 5) is 0. The fraction of sp³-hybridized carbons (Fsp3) is 0. The molecule has 0 radical (unpaired) electrons. The SMILES string of the molecule is Brc1cc(Br)c2c(c1)oc1cc(Br)c(Br)cc12. The third kappa shape index (κ3) is 2.01. The topological polar surface area (TPSA) is 13.1 Å². The highest BCUT2D eigenvalue weighted by atomic mass is 79.9. The molecule has 0 aliphatic heterocycles. The lowest BCUT2D eigenvalue weighted by Crippen LogP contribution is -1.73. The summed E-state index contributed by atoms with van der Waals surface area (Å²) in [5.41, 5.74) is 1.74. The van der Waals surface area contributed by atoms with Gasteiger partial charge in [0.25, 0.3) is 0 Å². The minimum absolute atomic E-state index is 0.867. The molecule has 0 N–H and O–H groups in total. The summed E-state index contributed by atoms with van der Waals surface area (Å²) in [6.07, 6.45) is 0. The van der Waals surface area contributed by atoms with Crippen molar-refractivity contribution >= 4 is 85.7 Å². The molecule has 3 rings (SSSR count). The first kappa shape index (κ1) is 12.2. The summed E-state index contributed by atoms with van der Waals surface area (Å²) in [7, 11) is 0. The van der Waals surface area contributed by atoms with Crippen molar-refractivity contribution in [3.05, 3.63) is 42.2 Å². The molecule has 0 fully saturated rings. The molecule has 1 heterocycles. The van der Waals surface area contributed by atoms with E-state index in [1.807, 2.05) is 18.2 Å². The van der Waals surface area contributed by atoms with Gasteiger partial charge in [-0.25, -0.2) is 0 Å². The number of benzene rings is 2. The van der Waals surface area contributed by atoms with Gasteiger partial charge in [0, 0.05) is 28.7 Å². The zero-order valence-electron chi connectivity index (χ0n) is 8.23. The van der Waals surface area contributed by atoms with Gasteiger partial charge in [-0.05, 0) is 72.1 Å². The van der Waals surface area contributed by atoms with Crippen molar-refractivity contribution in [3.8, 4) is 0 Å². The molecule has 0 aliphatic rings. The minimum atomic E-state index is 0.867. The minimum Gasteiger partial charge on any atom is -0.456 e. The van der Waals surface area contributed by atoms with Gasteiger partial charge in [0.2, 0.25) is 0 Å². The maximum atomic E-state index is 5.84. The van der Waals surface area contributed by atoms with Crippen LogP contribution in [0.5, 0.6) is 0 Å². The Morgan fingerprint density at radius 3 is 2.18 bits per heavy atom. The number of hydrogen-bond acceptors (Lipinski definition) is 1. The Bertz CT molecular complexity index is 745. The summed E-state index contributed by atoms with van der Waals surface area (Å²) in [5, 5.41) is 2.19. The number of hydrogen-bond donors (Lipinski definition) is 0. The van der Waals surface area contributed by atoms with E-state index in [9.17, 15) is 0 Å². The van der Waals surface area contributed by atoms with Crippen LogP contribution in [0.3, 0.4) is 0 Å². The molecule has 5 heteroatoms. The second kappa shape index (κ2) is 4.37. The van der Waals surface area contributed by atoms with Gasteiger partial charge in [-0.15, -0.1) is 0 Å². The predicted octanol–water partition coefficient (Wildman–Crippen LogP) is 6.64. The molecule has 1 aromatic heterocycles. The van der Waals surface area contributed by atoms with Crippen LogP contribution in [0.1, 0.15) is 0 Å². The standard InChI is InChI=1S/C12H4Br4O/c13-5-1-9(16)12-6-3-7(14)8(15)4-10(6)17-11(12)2-5/h1-4H. The van der Waals surface area contributed by atoms with E-state index in [2.05, 4.69) is 69.8 Å². The van der Waals surface area contributed by atoms with Gasteiger partial charge in [0.1, 0.15) is 11.2 Å². The van der Waals surface area contributed by atoms with E-state index < -0.39 is 0 Å². The van der Waals surface area contributed by atoms with E-state index in [1.165, 1.54) is 0 Å². The summed E-state index contributed by atoms with van der Waals surface area (Å²) in [6.45, 7) is 0. The molecule has 86 valence electrons. The van der Waals surface area contributed by atoms with Crippen molar-refractivity contribution in [2.45, 2.75) is 0 Å². The normalized spacial score (nSPS) is 11.5. The predicted molar refractivity (Wildman–Crippen MR) is 84.5 cm³/mol. The van der Waals surface area contributed by atoms with Crippen LogP contribution in [0.15, 0.2) is 46.6 Å². The largest absolute Gasteiger partial charge is 0.456 e. The summed E-state index contributed by atoms with van der Waals surface area (Å²) in [6, 6.07) is 8.03. The molecule has 0 saturated carbocycles. The smallest absolute Gasteiger partial charge is 0.137 e. The van der Waals surface area contributed by atoms with Crippen LogP contribution < -0.4 is 0 Å².